The minimum absolute atomic E-state index is 0.00772. The number of benzene rings is 2. The Labute approximate surface area is 114 Å². The van der Waals surface area contributed by atoms with Crippen molar-refractivity contribution in [3.8, 4) is 17.2 Å². The number of phenols is 1. The van der Waals surface area contributed by atoms with Gasteiger partial charge in [-0.3, -0.25) is 0 Å². The molecule has 2 aromatic carbocycles. The fraction of sp³-hybridized carbons (Fsp3) is 0.0714. The van der Waals surface area contributed by atoms with Gasteiger partial charge in [-0.1, -0.05) is 12.1 Å². The zero-order chi connectivity index (χ0) is 13.9. The number of para-hydroxylation sites is 2. The van der Waals surface area contributed by atoms with E-state index in [9.17, 15) is 9.90 Å². The Morgan fingerprint density at radius 2 is 1.85 bits per heavy atom. The minimum atomic E-state index is -0.453. The first-order valence-corrected chi connectivity index (χ1v) is 5.98. The number of rotatable bonds is 2. The standard InChI is InChI=1S/C14H12N2O4/c17-11-4-2-1-3-10(11)16-14(18)15-9-5-6-12-13(7-9)20-8-19-12/h1-7,17H,8H2,(H2,15,16,18). The monoisotopic (exact) mass is 272 g/mol. The van der Waals surface area contributed by atoms with E-state index in [2.05, 4.69) is 10.6 Å². The van der Waals surface area contributed by atoms with Crippen molar-refractivity contribution in [3.05, 3.63) is 42.5 Å². The highest BCUT2D eigenvalue weighted by Crippen LogP contribution is 2.34. The van der Waals surface area contributed by atoms with Gasteiger partial charge < -0.3 is 25.2 Å². The van der Waals surface area contributed by atoms with Crippen LogP contribution in [0.3, 0.4) is 0 Å². The van der Waals surface area contributed by atoms with Crippen molar-refractivity contribution >= 4 is 17.4 Å². The second-order valence-electron chi connectivity index (χ2n) is 4.16. The third kappa shape index (κ3) is 2.44. The minimum Gasteiger partial charge on any atom is -0.506 e. The third-order valence-electron chi connectivity index (χ3n) is 2.78. The Balaban J connectivity index is 1.69. The Hall–Kier alpha value is -2.89. The van der Waals surface area contributed by atoms with Crippen LogP contribution in [0, 0.1) is 0 Å². The third-order valence-corrected chi connectivity index (χ3v) is 2.78. The van der Waals surface area contributed by atoms with Gasteiger partial charge in [0.15, 0.2) is 11.5 Å². The molecular weight excluding hydrogens is 260 g/mol. The predicted octanol–water partition coefficient (Wildman–Crippen LogP) is 2.76. The van der Waals surface area contributed by atoms with Crippen molar-refractivity contribution < 1.29 is 19.4 Å². The predicted molar refractivity (Wildman–Crippen MR) is 73.3 cm³/mol. The molecule has 2 amide bonds. The van der Waals surface area contributed by atoms with Crippen molar-refractivity contribution in [2.45, 2.75) is 0 Å². The molecule has 0 fully saturated rings. The van der Waals surface area contributed by atoms with Crippen molar-refractivity contribution in [1.29, 1.82) is 0 Å². The molecule has 6 heteroatoms. The Morgan fingerprint density at radius 1 is 1.05 bits per heavy atom. The van der Waals surface area contributed by atoms with E-state index in [1.807, 2.05) is 0 Å². The van der Waals surface area contributed by atoms with E-state index in [-0.39, 0.29) is 12.5 Å². The highest BCUT2D eigenvalue weighted by molar-refractivity contribution is 6.00. The first-order chi connectivity index (χ1) is 9.72. The fourth-order valence-corrected chi connectivity index (χ4v) is 1.84. The summed E-state index contributed by atoms with van der Waals surface area (Å²) >= 11 is 0. The van der Waals surface area contributed by atoms with Gasteiger partial charge in [0.05, 0.1) is 5.69 Å². The molecule has 0 bridgehead atoms. The van der Waals surface area contributed by atoms with E-state index in [0.717, 1.165) is 0 Å². The molecule has 0 saturated heterocycles. The molecule has 2 aromatic rings. The molecular formula is C14H12N2O4. The molecule has 3 N–H and O–H groups in total. The summed E-state index contributed by atoms with van der Waals surface area (Å²) in [7, 11) is 0. The molecule has 20 heavy (non-hydrogen) atoms. The van der Waals surface area contributed by atoms with Crippen LogP contribution in [0.2, 0.25) is 0 Å². The Morgan fingerprint density at radius 3 is 2.70 bits per heavy atom. The number of nitrogens with one attached hydrogen (secondary N) is 2. The fourth-order valence-electron chi connectivity index (χ4n) is 1.84. The highest BCUT2D eigenvalue weighted by atomic mass is 16.7. The van der Waals surface area contributed by atoms with E-state index in [4.69, 9.17) is 9.47 Å². The van der Waals surface area contributed by atoms with Gasteiger partial charge in [0.1, 0.15) is 5.75 Å². The van der Waals surface area contributed by atoms with Crippen LogP contribution < -0.4 is 20.1 Å². The lowest BCUT2D eigenvalue weighted by atomic mass is 10.3. The van der Waals surface area contributed by atoms with E-state index in [1.165, 1.54) is 6.07 Å². The summed E-state index contributed by atoms with van der Waals surface area (Å²) in [5, 5.41) is 14.8. The lowest BCUT2D eigenvalue weighted by Crippen LogP contribution is -2.19. The summed E-state index contributed by atoms with van der Waals surface area (Å²) < 4.78 is 10.4. The number of anilines is 2. The zero-order valence-corrected chi connectivity index (χ0v) is 10.4. The molecule has 0 spiro atoms. The molecule has 0 aliphatic carbocycles. The molecule has 1 aliphatic heterocycles. The van der Waals surface area contributed by atoms with Gasteiger partial charge in [-0.15, -0.1) is 0 Å². The summed E-state index contributed by atoms with van der Waals surface area (Å²) in [5.74, 6) is 1.25. The summed E-state index contributed by atoms with van der Waals surface area (Å²) in [6.45, 7) is 0.183. The first kappa shape index (κ1) is 12.2. The number of urea groups is 1. The number of fused-ring (bicyclic) bond motifs is 1. The van der Waals surface area contributed by atoms with Crippen LogP contribution in [0.25, 0.3) is 0 Å². The van der Waals surface area contributed by atoms with Crippen LogP contribution in [0.5, 0.6) is 17.2 Å². The second kappa shape index (κ2) is 5.00. The molecule has 6 nitrogen and oxygen atoms in total. The summed E-state index contributed by atoms with van der Waals surface area (Å²) in [4.78, 5) is 11.8. The summed E-state index contributed by atoms with van der Waals surface area (Å²) in [6.07, 6.45) is 0. The normalized spacial score (nSPS) is 12.0. The van der Waals surface area contributed by atoms with E-state index in [0.29, 0.717) is 22.9 Å². The molecule has 1 aliphatic rings. The van der Waals surface area contributed by atoms with Gasteiger partial charge in [-0.2, -0.15) is 0 Å². The second-order valence-corrected chi connectivity index (χ2v) is 4.16. The number of phenolic OH excluding ortho intramolecular Hbond substituents is 1. The van der Waals surface area contributed by atoms with Gasteiger partial charge >= 0.3 is 6.03 Å². The van der Waals surface area contributed by atoms with Crippen molar-refractivity contribution in [2.75, 3.05) is 17.4 Å². The van der Waals surface area contributed by atoms with Crippen molar-refractivity contribution in [2.24, 2.45) is 0 Å². The van der Waals surface area contributed by atoms with Crippen molar-refractivity contribution in [3.63, 3.8) is 0 Å². The van der Waals surface area contributed by atoms with Crippen LogP contribution >= 0.6 is 0 Å². The van der Waals surface area contributed by atoms with Crippen LogP contribution in [-0.4, -0.2) is 17.9 Å². The quantitative estimate of drug-likeness (QED) is 0.734. The van der Waals surface area contributed by atoms with Crippen LogP contribution in [0.4, 0.5) is 16.2 Å². The molecule has 3 rings (SSSR count). The topological polar surface area (TPSA) is 79.8 Å². The maximum atomic E-state index is 11.8. The first-order valence-electron chi connectivity index (χ1n) is 5.98. The van der Waals surface area contributed by atoms with Gasteiger partial charge in [0.2, 0.25) is 6.79 Å². The zero-order valence-electron chi connectivity index (χ0n) is 10.4. The lowest BCUT2D eigenvalue weighted by molar-refractivity contribution is 0.174. The number of hydrogen-bond donors (Lipinski definition) is 3. The molecule has 0 saturated carbocycles. The maximum Gasteiger partial charge on any atom is 0.323 e. The Bertz CT molecular complexity index is 657. The average Bonchev–Trinajstić information content (AvgIpc) is 2.89. The number of carbonyl (C=O) groups excluding carboxylic acids is 1. The molecule has 1 heterocycles. The van der Waals surface area contributed by atoms with Gasteiger partial charge in [-0.25, -0.2) is 4.79 Å². The molecule has 0 unspecified atom stereocenters. The van der Waals surface area contributed by atoms with E-state index < -0.39 is 6.03 Å². The van der Waals surface area contributed by atoms with Crippen molar-refractivity contribution in [1.82, 2.24) is 0 Å². The molecule has 0 atom stereocenters. The van der Waals surface area contributed by atoms with Crippen LogP contribution in [0.15, 0.2) is 42.5 Å². The van der Waals surface area contributed by atoms with E-state index in [1.54, 1.807) is 36.4 Å². The summed E-state index contributed by atoms with van der Waals surface area (Å²) in [5.41, 5.74) is 0.910. The van der Waals surface area contributed by atoms with Gasteiger partial charge in [0.25, 0.3) is 0 Å². The van der Waals surface area contributed by atoms with Gasteiger partial charge in [-0.05, 0) is 24.3 Å². The largest absolute Gasteiger partial charge is 0.506 e. The average molecular weight is 272 g/mol. The van der Waals surface area contributed by atoms with Gasteiger partial charge in [0, 0.05) is 11.8 Å². The Kier molecular flexibility index (Phi) is 3.04. The van der Waals surface area contributed by atoms with E-state index >= 15 is 0 Å². The number of amides is 2. The molecule has 0 radical (unpaired) electrons. The SMILES string of the molecule is O=C(Nc1ccc2c(c1)OCO2)Nc1ccccc1O. The maximum absolute atomic E-state index is 11.8. The smallest absolute Gasteiger partial charge is 0.323 e. The number of hydrogen-bond acceptors (Lipinski definition) is 4. The molecule has 0 aromatic heterocycles. The lowest BCUT2D eigenvalue weighted by Gasteiger charge is -2.09. The highest BCUT2D eigenvalue weighted by Gasteiger charge is 2.14. The van der Waals surface area contributed by atoms with Crippen LogP contribution in [-0.2, 0) is 0 Å². The summed E-state index contributed by atoms with van der Waals surface area (Å²) in [6, 6.07) is 11.1. The number of ether oxygens (including phenoxy) is 2. The number of carbonyl (C=O) groups is 1. The van der Waals surface area contributed by atoms with Crippen LogP contribution in [0.1, 0.15) is 0 Å². The molecule has 102 valence electrons. The number of aromatic hydroxyl groups is 1.